The standard InChI is InChI=1S/C20H22ClFN2O3/c1-3-23-20(26)14(2)24(12-15-6-4-5-7-18(15)22)19(25)13-27-17-10-8-16(21)9-11-17/h4-11,14H,3,12-13H2,1-2H3,(H,23,26). The Morgan fingerprint density at radius 3 is 2.48 bits per heavy atom. The number of hydrogen-bond acceptors (Lipinski definition) is 3. The molecule has 0 aliphatic heterocycles. The molecule has 0 saturated carbocycles. The molecule has 0 saturated heterocycles. The van der Waals surface area contributed by atoms with Gasteiger partial charge in [0.05, 0.1) is 0 Å². The first-order valence-electron chi connectivity index (χ1n) is 8.61. The third kappa shape index (κ3) is 5.96. The van der Waals surface area contributed by atoms with Crippen LogP contribution in [-0.4, -0.2) is 35.9 Å². The zero-order chi connectivity index (χ0) is 19.8. The van der Waals surface area contributed by atoms with Crippen molar-refractivity contribution in [3.63, 3.8) is 0 Å². The lowest BCUT2D eigenvalue weighted by Crippen LogP contribution is -2.49. The van der Waals surface area contributed by atoms with E-state index in [-0.39, 0.29) is 19.1 Å². The van der Waals surface area contributed by atoms with Crippen LogP contribution in [0.2, 0.25) is 5.02 Å². The highest BCUT2D eigenvalue weighted by Crippen LogP contribution is 2.17. The number of ether oxygens (including phenoxy) is 1. The van der Waals surface area contributed by atoms with Crippen LogP contribution in [-0.2, 0) is 16.1 Å². The normalized spacial score (nSPS) is 11.6. The molecule has 0 heterocycles. The molecular weight excluding hydrogens is 371 g/mol. The molecule has 0 aliphatic carbocycles. The van der Waals surface area contributed by atoms with E-state index in [9.17, 15) is 14.0 Å². The molecule has 0 radical (unpaired) electrons. The molecule has 2 aromatic carbocycles. The number of carbonyl (C=O) groups excluding carboxylic acids is 2. The zero-order valence-corrected chi connectivity index (χ0v) is 16.0. The summed E-state index contributed by atoms with van der Waals surface area (Å²) in [5.74, 6) is -0.693. The Balaban J connectivity index is 2.14. The maximum absolute atomic E-state index is 14.0. The molecule has 0 bridgehead atoms. The van der Waals surface area contributed by atoms with Crippen LogP contribution in [0.3, 0.4) is 0 Å². The zero-order valence-electron chi connectivity index (χ0n) is 15.2. The number of carbonyl (C=O) groups is 2. The summed E-state index contributed by atoms with van der Waals surface area (Å²) in [6.07, 6.45) is 0. The third-order valence-electron chi connectivity index (χ3n) is 3.99. The first-order chi connectivity index (χ1) is 12.9. The number of hydrogen-bond donors (Lipinski definition) is 1. The summed E-state index contributed by atoms with van der Waals surface area (Å²) in [6, 6.07) is 12.0. The lowest BCUT2D eigenvalue weighted by Gasteiger charge is -2.28. The number of likely N-dealkylation sites (N-methyl/N-ethyl adjacent to an activating group) is 1. The van der Waals surface area contributed by atoms with Crippen LogP contribution in [0, 0.1) is 5.82 Å². The first-order valence-corrected chi connectivity index (χ1v) is 8.99. The fourth-order valence-electron chi connectivity index (χ4n) is 2.47. The van der Waals surface area contributed by atoms with E-state index in [1.54, 1.807) is 56.3 Å². The van der Waals surface area contributed by atoms with Crippen molar-refractivity contribution in [1.29, 1.82) is 0 Å². The van der Waals surface area contributed by atoms with E-state index < -0.39 is 17.8 Å². The van der Waals surface area contributed by atoms with Gasteiger partial charge in [0.2, 0.25) is 5.91 Å². The second kappa shape index (κ2) is 9.92. The molecule has 1 N–H and O–H groups in total. The maximum atomic E-state index is 14.0. The Kier molecular flexibility index (Phi) is 7.61. The van der Waals surface area contributed by atoms with E-state index >= 15 is 0 Å². The van der Waals surface area contributed by atoms with Crippen LogP contribution in [0.15, 0.2) is 48.5 Å². The number of halogens is 2. The molecule has 144 valence electrons. The van der Waals surface area contributed by atoms with E-state index in [2.05, 4.69) is 5.32 Å². The molecule has 1 atom stereocenters. The van der Waals surface area contributed by atoms with Gasteiger partial charge in [0.25, 0.3) is 5.91 Å². The van der Waals surface area contributed by atoms with Crippen molar-refractivity contribution < 1.29 is 18.7 Å². The predicted octanol–water partition coefficient (Wildman–Crippen LogP) is 3.41. The highest BCUT2D eigenvalue weighted by molar-refractivity contribution is 6.30. The number of amides is 2. The van der Waals surface area contributed by atoms with Gasteiger partial charge in [0.15, 0.2) is 6.61 Å². The third-order valence-corrected chi connectivity index (χ3v) is 4.24. The van der Waals surface area contributed by atoms with Crippen molar-refractivity contribution in [2.24, 2.45) is 0 Å². The van der Waals surface area contributed by atoms with Gasteiger partial charge in [-0.2, -0.15) is 0 Å². The second-order valence-corrected chi connectivity index (χ2v) is 6.36. The molecule has 2 amide bonds. The smallest absolute Gasteiger partial charge is 0.261 e. The average molecular weight is 393 g/mol. The number of nitrogens with zero attached hydrogens (tertiary/aromatic N) is 1. The topological polar surface area (TPSA) is 58.6 Å². The summed E-state index contributed by atoms with van der Waals surface area (Å²) in [5.41, 5.74) is 0.327. The van der Waals surface area contributed by atoms with Gasteiger partial charge in [-0.25, -0.2) is 4.39 Å². The van der Waals surface area contributed by atoms with Gasteiger partial charge in [-0.15, -0.1) is 0 Å². The van der Waals surface area contributed by atoms with E-state index in [0.717, 1.165) is 0 Å². The molecule has 0 aliphatic rings. The van der Waals surface area contributed by atoms with Crippen LogP contribution in [0.4, 0.5) is 4.39 Å². The van der Waals surface area contributed by atoms with E-state index in [1.165, 1.54) is 11.0 Å². The van der Waals surface area contributed by atoms with E-state index in [1.807, 2.05) is 0 Å². The molecule has 0 spiro atoms. The Labute approximate surface area is 163 Å². The number of rotatable bonds is 8. The molecular formula is C20H22ClFN2O3. The number of benzene rings is 2. The van der Waals surface area contributed by atoms with Crippen LogP contribution < -0.4 is 10.1 Å². The van der Waals surface area contributed by atoms with E-state index in [0.29, 0.717) is 22.9 Å². The predicted molar refractivity (Wildman–Crippen MR) is 102 cm³/mol. The van der Waals surface area contributed by atoms with Crippen molar-refractivity contribution in [3.05, 3.63) is 64.9 Å². The molecule has 5 nitrogen and oxygen atoms in total. The lowest BCUT2D eigenvalue weighted by atomic mass is 10.1. The first kappa shape index (κ1) is 20.7. The minimum Gasteiger partial charge on any atom is -0.484 e. The Hall–Kier alpha value is -2.60. The fourth-order valence-corrected chi connectivity index (χ4v) is 2.60. The van der Waals surface area contributed by atoms with Gasteiger partial charge < -0.3 is 15.0 Å². The van der Waals surface area contributed by atoms with Gasteiger partial charge in [-0.05, 0) is 44.2 Å². The molecule has 2 aromatic rings. The minimum absolute atomic E-state index is 0.0339. The number of nitrogens with one attached hydrogen (secondary N) is 1. The van der Waals surface area contributed by atoms with E-state index in [4.69, 9.17) is 16.3 Å². The summed E-state index contributed by atoms with van der Waals surface area (Å²) in [4.78, 5) is 26.2. The average Bonchev–Trinajstić information content (AvgIpc) is 2.66. The van der Waals surface area contributed by atoms with Gasteiger partial charge >= 0.3 is 0 Å². The maximum Gasteiger partial charge on any atom is 0.261 e. The van der Waals surface area contributed by atoms with Gasteiger partial charge in [-0.3, -0.25) is 9.59 Å². The monoisotopic (exact) mass is 392 g/mol. The molecule has 1 unspecified atom stereocenters. The Morgan fingerprint density at radius 2 is 1.85 bits per heavy atom. The van der Waals surface area contributed by atoms with Gasteiger partial charge in [0, 0.05) is 23.7 Å². The van der Waals surface area contributed by atoms with Crippen LogP contribution in [0.1, 0.15) is 19.4 Å². The van der Waals surface area contributed by atoms with Gasteiger partial charge in [-0.1, -0.05) is 29.8 Å². The largest absolute Gasteiger partial charge is 0.484 e. The second-order valence-electron chi connectivity index (χ2n) is 5.93. The Bertz CT molecular complexity index is 783. The fraction of sp³-hybridized carbons (Fsp3) is 0.300. The molecule has 2 rings (SSSR count). The summed E-state index contributed by atoms with van der Waals surface area (Å²) in [5, 5.41) is 3.23. The van der Waals surface area contributed by atoms with Crippen molar-refractivity contribution in [2.45, 2.75) is 26.4 Å². The summed E-state index contributed by atoms with van der Waals surface area (Å²) in [7, 11) is 0. The molecule has 0 aromatic heterocycles. The molecule has 0 fully saturated rings. The minimum atomic E-state index is -0.772. The van der Waals surface area contributed by atoms with Crippen LogP contribution >= 0.6 is 11.6 Å². The van der Waals surface area contributed by atoms with Gasteiger partial charge in [0.1, 0.15) is 17.6 Å². The van der Waals surface area contributed by atoms with Crippen LogP contribution in [0.5, 0.6) is 5.75 Å². The summed E-state index contributed by atoms with van der Waals surface area (Å²) in [6.45, 7) is 3.52. The highest BCUT2D eigenvalue weighted by atomic mass is 35.5. The summed E-state index contributed by atoms with van der Waals surface area (Å²) >= 11 is 5.83. The SMILES string of the molecule is CCNC(=O)C(C)N(Cc1ccccc1F)C(=O)COc1ccc(Cl)cc1. The lowest BCUT2D eigenvalue weighted by molar-refractivity contribution is -0.142. The quantitative estimate of drug-likeness (QED) is 0.749. The van der Waals surface area contributed by atoms with Crippen molar-refractivity contribution in [1.82, 2.24) is 10.2 Å². The van der Waals surface area contributed by atoms with Crippen LogP contribution in [0.25, 0.3) is 0 Å². The van der Waals surface area contributed by atoms with Crippen molar-refractivity contribution >= 4 is 23.4 Å². The Morgan fingerprint density at radius 1 is 1.19 bits per heavy atom. The molecule has 27 heavy (non-hydrogen) atoms. The van der Waals surface area contributed by atoms with Crippen molar-refractivity contribution in [2.75, 3.05) is 13.2 Å². The van der Waals surface area contributed by atoms with Crippen molar-refractivity contribution in [3.8, 4) is 5.75 Å². The summed E-state index contributed by atoms with van der Waals surface area (Å²) < 4.78 is 19.5. The highest BCUT2D eigenvalue weighted by Gasteiger charge is 2.26. The molecule has 7 heteroatoms.